The number of hydrogen-bond donors (Lipinski definition) is 0. The Morgan fingerprint density at radius 3 is 2.17 bits per heavy atom. The second-order valence-corrected chi connectivity index (χ2v) is 1.38. The third-order valence-corrected chi connectivity index (χ3v) is 0.532. The first-order chi connectivity index (χ1) is 2.64. The van der Waals surface area contributed by atoms with Crippen molar-refractivity contribution in [2.24, 2.45) is 0 Å². The smallest absolute Gasteiger partial charge is 0.237 e. The molecule has 0 aromatic heterocycles. The van der Waals surface area contributed by atoms with Crippen LogP contribution in [0.2, 0.25) is 0 Å². The Hall–Kier alpha value is -0.240. The summed E-state index contributed by atoms with van der Waals surface area (Å²) in [5.41, 5.74) is 0. The summed E-state index contributed by atoms with van der Waals surface area (Å²) >= 11 is 5.03. The average Bonchev–Trinajstić information content (AvgIpc) is 1.36. The second-order valence-electron chi connectivity index (χ2n) is 0.871. The molecule has 0 aliphatic carbocycles. The minimum atomic E-state index is -0.392. The van der Waals surface area contributed by atoms with Gasteiger partial charge in [0.1, 0.15) is 0 Å². The first kappa shape index (κ1) is 5.76. The highest BCUT2D eigenvalue weighted by Crippen LogP contribution is 1.83. The van der Waals surface area contributed by atoms with E-state index in [1.165, 1.54) is 7.05 Å². The van der Waals surface area contributed by atoms with Crippen LogP contribution in [0.5, 0.6) is 0 Å². The van der Waals surface area contributed by atoms with Crippen molar-refractivity contribution < 1.29 is 4.79 Å². The second kappa shape index (κ2) is 2.03. The van der Waals surface area contributed by atoms with E-state index in [9.17, 15) is 4.79 Å². The van der Waals surface area contributed by atoms with Gasteiger partial charge in [-0.2, -0.15) is 0 Å². The summed E-state index contributed by atoms with van der Waals surface area (Å²) in [5, 5.41) is 0. The first-order valence-corrected chi connectivity index (χ1v) is 1.74. The number of rotatable bonds is 0. The molecule has 0 heterocycles. The van der Waals surface area contributed by atoms with E-state index < -0.39 is 5.91 Å². The lowest BCUT2D eigenvalue weighted by Crippen LogP contribution is -2.10. The standard InChI is InChI=1S/C3H5ClNO/c1-3(6)5(2)4/h1H2,2H3. The van der Waals surface area contributed by atoms with Crippen LogP contribution in [0.3, 0.4) is 0 Å². The van der Waals surface area contributed by atoms with Gasteiger partial charge in [-0.3, -0.25) is 9.21 Å². The van der Waals surface area contributed by atoms with Crippen LogP contribution in [-0.2, 0) is 4.79 Å². The average molecular weight is 107 g/mol. The van der Waals surface area contributed by atoms with E-state index in [2.05, 4.69) is 6.92 Å². The highest BCUT2D eigenvalue weighted by Gasteiger charge is 1.91. The van der Waals surface area contributed by atoms with Gasteiger partial charge < -0.3 is 0 Å². The SMILES string of the molecule is [CH2]C(=O)N(C)Cl. The number of hydrogen-bond acceptors (Lipinski definition) is 1. The molecule has 1 amide bonds. The van der Waals surface area contributed by atoms with Crippen molar-refractivity contribution in [3.05, 3.63) is 6.92 Å². The minimum absolute atomic E-state index is 0.392. The molecule has 0 atom stereocenters. The molecular formula is C3H5ClNO. The van der Waals surface area contributed by atoms with Crippen LogP contribution in [0.4, 0.5) is 0 Å². The van der Waals surface area contributed by atoms with E-state index in [1.54, 1.807) is 0 Å². The summed E-state index contributed by atoms with van der Waals surface area (Å²) in [6, 6.07) is 0. The lowest BCUT2D eigenvalue weighted by molar-refractivity contribution is -0.121. The zero-order valence-electron chi connectivity index (χ0n) is 3.44. The maximum Gasteiger partial charge on any atom is 0.237 e. The van der Waals surface area contributed by atoms with Crippen molar-refractivity contribution >= 4 is 17.7 Å². The van der Waals surface area contributed by atoms with Gasteiger partial charge in [-0.1, -0.05) is 0 Å². The zero-order valence-corrected chi connectivity index (χ0v) is 4.20. The maximum atomic E-state index is 9.83. The highest BCUT2D eigenvalue weighted by molar-refractivity contribution is 6.21. The molecule has 0 aliphatic rings. The van der Waals surface area contributed by atoms with Gasteiger partial charge in [0.05, 0.1) is 0 Å². The molecule has 0 saturated carbocycles. The summed E-state index contributed by atoms with van der Waals surface area (Å²) in [7, 11) is 1.43. The van der Waals surface area contributed by atoms with Crippen LogP contribution < -0.4 is 0 Å². The number of carbonyl (C=O) groups is 1. The Bertz CT molecular complexity index is 61.8. The summed E-state index contributed by atoms with van der Waals surface area (Å²) < 4.78 is 0.889. The van der Waals surface area contributed by atoms with Gasteiger partial charge >= 0.3 is 0 Å². The Labute approximate surface area is 41.8 Å². The third kappa shape index (κ3) is 2.03. The molecule has 0 aliphatic heterocycles. The predicted octanol–water partition coefficient (Wildman–Crippen LogP) is 0.433. The van der Waals surface area contributed by atoms with Gasteiger partial charge in [0, 0.05) is 25.7 Å². The quantitative estimate of drug-likeness (QED) is 0.410. The Morgan fingerprint density at radius 1 is 2.00 bits per heavy atom. The summed E-state index contributed by atoms with van der Waals surface area (Å²) in [6.07, 6.45) is 0. The van der Waals surface area contributed by atoms with Crippen molar-refractivity contribution in [1.29, 1.82) is 0 Å². The van der Waals surface area contributed by atoms with Crippen LogP contribution in [0.1, 0.15) is 0 Å². The molecule has 35 valence electrons. The molecule has 0 aromatic rings. The fraction of sp³-hybridized carbons (Fsp3) is 0.333. The molecule has 3 heteroatoms. The largest absolute Gasteiger partial charge is 0.274 e. The molecule has 2 nitrogen and oxygen atoms in total. The van der Waals surface area contributed by atoms with Gasteiger partial charge in [0.2, 0.25) is 5.91 Å². The van der Waals surface area contributed by atoms with Gasteiger partial charge in [-0.05, 0) is 0 Å². The molecule has 0 saturated heterocycles. The Morgan fingerprint density at radius 2 is 2.17 bits per heavy atom. The summed E-state index contributed by atoms with van der Waals surface area (Å²) in [4.78, 5) is 9.83. The molecule has 6 heavy (non-hydrogen) atoms. The van der Waals surface area contributed by atoms with Crippen molar-refractivity contribution in [1.82, 2.24) is 4.42 Å². The molecule has 1 radical (unpaired) electrons. The number of amides is 1. The van der Waals surface area contributed by atoms with E-state index >= 15 is 0 Å². The molecule has 0 N–H and O–H groups in total. The normalized spacial score (nSPS) is 7.83. The summed E-state index contributed by atoms with van der Waals surface area (Å²) in [6.45, 7) is 2.99. The minimum Gasteiger partial charge on any atom is -0.274 e. The van der Waals surface area contributed by atoms with Crippen molar-refractivity contribution in [3.63, 3.8) is 0 Å². The highest BCUT2D eigenvalue weighted by atomic mass is 35.5. The van der Waals surface area contributed by atoms with Crippen LogP contribution in [-0.4, -0.2) is 17.4 Å². The van der Waals surface area contributed by atoms with E-state index in [-0.39, 0.29) is 0 Å². The van der Waals surface area contributed by atoms with Gasteiger partial charge in [-0.25, -0.2) is 0 Å². The Balaban J connectivity index is 3.26. The fourth-order valence-electron chi connectivity index (χ4n) is 0. The zero-order chi connectivity index (χ0) is 5.15. The lowest BCUT2D eigenvalue weighted by Gasteiger charge is -1.97. The predicted molar refractivity (Wildman–Crippen MR) is 24.0 cm³/mol. The van der Waals surface area contributed by atoms with Crippen LogP contribution in [0.15, 0.2) is 0 Å². The van der Waals surface area contributed by atoms with Gasteiger partial charge in [0.25, 0.3) is 0 Å². The van der Waals surface area contributed by atoms with Crippen molar-refractivity contribution in [2.75, 3.05) is 7.05 Å². The first-order valence-electron chi connectivity index (χ1n) is 1.40. The molecule has 0 unspecified atom stereocenters. The topological polar surface area (TPSA) is 20.3 Å². The molecule has 0 bridgehead atoms. The van der Waals surface area contributed by atoms with E-state index in [4.69, 9.17) is 11.8 Å². The number of carbonyl (C=O) groups excluding carboxylic acids is 1. The molecule has 0 rings (SSSR count). The van der Waals surface area contributed by atoms with Gasteiger partial charge in [0.15, 0.2) is 0 Å². The molecule has 0 fully saturated rings. The van der Waals surface area contributed by atoms with Crippen molar-refractivity contribution in [2.45, 2.75) is 0 Å². The Kier molecular flexibility index (Phi) is 1.95. The van der Waals surface area contributed by atoms with E-state index in [0.717, 1.165) is 4.42 Å². The lowest BCUT2D eigenvalue weighted by atomic mass is 10.7. The molecule has 0 spiro atoms. The van der Waals surface area contributed by atoms with E-state index in [1.807, 2.05) is 0 Å². The maximum absolute atomic E-state index is 9.83. The molecular weight excluding hydrogens is 101 g/mol. The molecule has 0 aromatic carbocycles. The number of nitrogens with zero attached hydrogens (tertiary/aromatic N) is 1. The van der Waals surface area contributed by atoms with Crippen LogP contribution >= 0.6 is 11.8 Å². The number of halogens is 1. The van der Waals surface area contributed by atoms with Crippen LogP contribution in [0.25, 0.3) is 0 Å². The van der Waals surface area contributed by atoms with E-state index in [0.29, 0.717) is 0 Å². The fourth-order valence-corrected chi connectivity index (χ4v) is 0. The van der Waals surface area contributed by atoms with Gasteiger partial charge in [-0.15, -0.1) is 0 Å². The third-order valence-electron chi connectivity index (χ3n) is 0.344. The summed E-state index contributed by atoms with van der Waals surface area (Å²) in [5.74, 6) is -0.392. The monoisotopic (exact) mass is 106 g/mol. The van der Waals surface area contributed by atoms with Crippen molar-refractivity contribution in [3.8, 4) is 0 Å². The van der Waals surface area contributed by atoms with Crippen LogP contribution in [0, 0.1) is 6.92 Å².